The molecule has 0 aliphatic heterocycles. The number of halogens is 1. The molecule has 0 radical (unpaired) electrons. The number of fused-ring (bicyclic) bond motifs is 1. The van der Waals surface area contributed by atoms with E-state index in [0.717, 1.165) is 21.2 Å². The summed E-state index contributed by atoms with van der Waals surface area (Å²) >= 11 is 3.41. The van der Waals surface area contributed by atoms with Gasteiger partial charge in [0.2, 0.25) is 0 Å². The first-order valence-electron chi connectivity index (χ1n) is 4.99. The molecule has 0 saturated carbocycles. The van der Waals surface area contributed by atoms with Crippen LogP contribution in [0.3, 0.4) is 0 Å². The lowest BCUT2D eigenvalue weighted by atomic mass is 10.2. The van der Waals surface area contributed by atoms with Gasteiger partial charge in [0.1, 0.15) is 12.1 Å². The van der Waals surface area contributed by atoms with Crippen LogP contribution in [0.5, 0.6) is 0 Å². The molecular weight excluding hydrogens is 270 g/mol. The van der Waals surface area contributed by atoms with Crippen molar-refractivity contribution in [3.8, 4) is 0 Å². The summed E-state index contributed by atoms with van der Waals surface area (Å²) in [5, 5.41) is 13.3. The predicted octanol–water partition coefficient (Wildman–Crippen LogP) is 2.18. The van der Waals surface area contributed by atoms with Crippen molar-refractivity contribution >= 4 is 32.7 Å². The van der Waals surface area contributed by atoms with Gasteiger partial charge in [-0.2, -0.15) is 0 Å². The summed E-state index contributed by atoms with van der Waals surface area (Å²) in [7, 11) is 0. The minimum Gasteiger partial charge on any atom is -0.392 e. The Kier molecular flexibility index (Phi) is 3.36. The standard InChI is InChI=1S/C11H12BrN3O/c1-7(16)5-13-11-9-4-8(12)2-3-10(9)14-6-15-11/h2-4,6-7,16H,5H2,1H3,(H,13,14,15). The van der Waals surface area contributed by atoms with Crippen LogP contribution in [-0.2, 0) is 0 Å². The predicted molar refractivity (Wildman–Crippen MR) is 67.4 cm³/mol. The van der Waals surface area contributed by atoms with Crippen LogP contribution in [0, 0.1) is 0 Å². The molecule has 0 fully saturated rings. The molecule has 2 aromatic rings. The van der Waals surface area contributed by atoms with E-state index < -0.39 is 6.10 Å². The van der Waals surface area contributed by atoms with Gasteiger partial charge < -0.3 is 10.4 Å². The number of hydrogen-bond acceptors (Lipinski definition) is 4. The fraction of sp³-hybridized carbons (Fsp3) is 0.273. The second-order valence-electron chi connectivity index (χ2n) is 3.61. The van der Waals surface area contributed by atoms with Gasteiger partial charge in [-0.15, -0.1) is 0 Å². The molecule has 1 unspecified atom stereocenters. The van der Waals surface area contributed by atoms with Gasteiger partial charge in [-0.05, 0) is 25.1 Å². The van der Waals surface area contributed by atoms with Crippen molar-refractivity contribution < 1.29 is 5.11 Å². The average Bonchev–Trinajstić information content (AvgIpc) is 2.26. The highest BCUT2D eigenvalue weighted by Crippen LogP contribution is 2.23. The molecule has 16 heavy (non-hydrogen) atoms. The van der Waals surface area contributed by atoms with E-state index in [4.69, 9.17) is 0 Å². The molecule has 0 bridgehead atoms. The maximum Gasteiger partial charge on any atom is 0.137 e. The highest BCUT2D eigenvalue weighted by molar-refractivity contribution is 9.10. The third kappa shape index (κ3) is 2.48. The zero-order valence-corrected chi connectivity index (χ0v) is 10.4. The smallest absolute Gasteiger partial charge is 0.137 e. The Morgan fingerprint density at radius 1 is 1.44 bits per heavy atom. The average molecular weight is 282 g/mol. The van der Waals surface area contributed by atoms with Gasteiger partial charge in [0.25, 0.3) is 0 Å². The molecule has 0 saturated heterocycles. The number of aliphatic hydroxyl groups is 1. The van der Waals surface area contributed by atoms with Crippen LogP contribution in [0.25, 0.3) is 10.9 Å². The van der Waals surface area contributed by atoms with Crippen molar-refractivity contribution in [2.75, 3.05) is 11.9 Å². The summed E-state index contributed by atoms with van der Waals surface area (Å²) in [5.41, 5.74) is 0.881. The van der Waals surface area contributed by atoms with Crippen LogP contribution in [0.15, 0.2) is 29.0 Å². The van der Waals surface area contributed by atoms with E-state index in [9.17, 15) is 5.11 Å². The third-order valence-corrected chi connectivity index (χ3v) is 2.66. The van der Waals surface area contributed by atoms with Gasteiger partial charge in [-0.25, -0.2) is 9.97 Å². The lowest BCUT2D eigenvalue weighted by Crippen LogP contribution is -2.16. The Labute approximate surface area is 102 Å². The first kappa shape index (κ1) is 11.3. The molecule has 2 N–H and O–H groups in total. The van der Waals surface area contributed by atoms with Gasteiger partial charge in [-0.3, -0.25) is 0 Å². The number of hydrogen-bond donors (Lipinski definition) is 2. The summed E-state index contributed by atoms with van der Waals surface area (Å²) in [5.74, 6) is 0.743. The largest absolute Gasteiger partial charge is 0.392 e. The van der Waals surface area contributed by atoms with Crippen molar-refractivity contribution in [1.29, 1.82) is 0 Å². The van der Waals surface area contributed by atoms with Crippen LogP contribution in [0.2, 0.25) is 0 Å². The Bertz CT molecular complexity index is 502. The molecule has 4 nitrogen and oxygen atoms in total. The van der Waals surface area contributed by atoms with Crippen molar-refractivity contribution in [3.05, 3.63) is 29.0 Å². The Hall–Kier alpha value is -1.20. The Morgan fingerprint density at radius 2 is 2.25 bits per heavy atom. The minimum atomic E-state index is -0.405. The maximum absolute atomic E-state index is 9.23. The van der Waals surface area contributed by atoms with Crippen LogP contribution in [-0.4, -0.2) is 27.7 Å². The number of anilines is 1. The molecule has 84 valence electrons. The molecule has 2 rings (SSSR count). The molecule has 5 heteroatoms. The molecular formula is C11H12BrN3O. The van der Waals surface area contributed by atoms with E-state index in [-0.39, 0.29) is 0 Å². The molecule has 1 aromatic heterocycles. The van der Waals surface area contributed by atoms with E-state index >= 15 is 0 Å². The SMILES string of the molecule is CC(O)CNc1ncnc2ccc(Br)cc12. The van der Waals surface area contributed by atoms with Crippen LogP contribution in [0.1, 0.15) is 6.92 Å². The second-order valence-corrected chi connectivity index (χ2v) is 4.53. The first-order chi connectivity index (χ1) is 7.66. The van der Waals surface area contributed by atoms with Gasteiger partial charge in [0.15, 0.2) is 0 Å². The van der Waals surface area contributed by atoms with Gasteiger partial charge in [-0.1, -0.05) is 15.9 Å². The zero-order valence-electron chi connectivity index (χ0n) is 8.81. The summed E-state index contributed by atoms with van der Waals surface area (Å²) in [6.45, 7) is 2.20. The highest BCUT2D eigenvalue weighted by atomic mass is 79.9. The molecule has 0 spiro atoms. The van der Waals surface area contributed by atoms with Gasteiger partial charge in [0.05, 0.1) is 11.6 Å². The molecule has 1 aromatic carbocycles. The number of aliphatic hydroxyl groups excluding tert-OH is 1. The van der Waals surface area contributed by atoms with E-state index in [1.165, 1.54) is 6.33 Å². The lowest BCUT2D eigenvalue weighted by molar-refractivity contribution is 0.208. The second kappa shape index (κ2) is 4.76. The zero-order chi connectivity index (χ0) is 11.5. The summed E-state index contributed by atoms with van der Waals surface area (Å²) in [6, 6.07) is 5.82. The fourth-order valence-electron chi connectivity index (χ4n) is 1.41. The Morgan fingerprint density at radius 3 is 3.00 bits per heavy atom. The number of rotatable bonds is 3. The quantitative estimate of drug-likeness (QED) is 0.906. The van der Waals surface area contributed by atoms with Crippen LogP contribution in [0.4, 0.5) is 5.82 Å². The molecule has 0 amide bonds. The number of nitrogens with one attached hydrogen (secondary N) is 1. The summed E-state index contributed by atoms with van der Waals surface area (Å²) < 4.78 is 0.981. The summed E-state index contributed by atoms with van der Waals surface area (Å²) in [6.07, 6.45) is 1.11. The van der Waals surface area contributed by atoms with Crippen molar-refractivity contribution in [2.24, 2.45) is 0 Å². The number of nitrogens with zero attached hydrogens (tertiary/aromatic N) is 2. The monoisotopic (exact) mass is 281 g/mol. The van der Waals surface area contributed by atoms with Crippen LogP contribution >= 0.6 is 15.9 Å². The topological polar surface area (TPSA) is 58.0 Å². The Balaban J connectivity index is 2.40. The molecule has 0 aliphatic rings. The normalized spacial score (nSPS) is 12.7. The van der Waals surface area contributed by atoms with Crippen LogP contribution < -0.4 is 5.32 Å². The van der Waals surface area contributed by atoms with Crippen molar-refractivity contribution in [2.45, 2.75) is 13.0 Å². The van der Waals surface area contributed by atoms with E-state index in [1.807, 2.05) is 18.2 Å². The fourth-order valence-corrected chi connectivity index (χ4v) is 1.78. The lowest BCUT2D eigenvalue weighted by Gasteiger charge is -2.09. The highest BCUT2D eigenvalue weighted by Gasteiger charge is 2.04. The maximum atomic E-state index is 9.23. The number of benzene rings is 1. The molecule has 1 heterocycles. The summed E-state index contributed by atoms with van der Waals surface area (Å²) in [4.78, 5) is 8.34. The van der Waals surface area contributed by atoms with Crippen molar-refractivity contribution in [1.82, 2.24) is 9.97 Å². The van der Waals surface area contributed by atoms with Crippen molar-refractivity contribution in [3.63, 3.8) is 0 Å². The minimum absolute atomic E-state index is 0.405. The van der Waals surface area contributed by atoms with E-state index in [2.05, 4.69) is 31.2 Å². The van der Waals surface area contributed by atoms with Gasteiger partial charge >= 0.3 is 0 Å². The van der Waals surface area contributed by atoms with E-state index in [0.29, 0.717) is 6.54 Å². The number of aromatic nitrogens is 2. The first-order valence-corrected chi connectivity index (χ1v) is 5.78. The molecule has 1 atom stereocenters. The van der Waals surface area contributed by atoms with E-state index in [1.54, 1.807) is 6.92 Å². The van der Waals surface area contributed by atoms with Gasteiger partial charge in [0, 0.05) is 16.4 Å². The third-order valence-electron chi connectivity index (χ3n) is 2.16. The molecule has 0 aliphatic carbocycles.